The molecule has 2 aromatic carbocycles. The van der Waals surface area contributed by atoms with Crippen molar-refractivity contribution in [2.24, 2.45) is 0 Å². The van der Waals surface area contributed by atoms with Gasteiger partial charge in [-0.15, -0.1) is 0 Å². The van der Waals surface area contributed by atoms with E-state index in [0.717, 1.165) is 16.3 Å². The van der Waals surface area contributed by atoms with Gasteiger partial charge in [-0.25, -0.2) is 4.98 Å². The van der Waals surface area contributed by atoms with Gasteiger partial charge in [-0.05, 0) is 23.3 Å². The molecule has 1 aliphatic rings. The fourth-order valence-electron chi connectivity index (χ4n) is 3.57. The fourth-order valence-corrected chi connectivity index (χ4v) is 3.57. The summed E-state index contributed by atoms with van der Waals surface area (Å²) in [5.74, 6) is -0.0911. The third-order valence-corrected chi connectivity index (χ3v) is 4.96. The summed E-state index contributed by atoms with van der Waals surface area (Å²) in [5.41, 5.74) is 0.532. The molecule has 7 nitrogen and oxygen atoms in total. The molecule has 142 valence electrons. The summed E-state index contributed by atoms with van der Waals surface area (Å²) in [6.45, 7) is 2.54. The highest BCUT2D eigenvalue weighted by Gasteiger charge is 2.31. The van der Waals surface area contributed by atoms with Crippen LogP contribution in [0, 0.1) is 6.92 Å². The van der Waals surface area contributed by atoms with Crippen molar-refractivity contribution in [2.45, 2.75) is 25.9 Å². The second-order valence-corrected chi connectivity index (χ2v) is 7.00. The van der Waals surface area contributed by atoms with E-state index in [1.54, 1.807) is 11.8 Å². The van der Waals surface area contributed by atoms with E-state index in [1.807, 2.05) is 42.5 Å². The highest BCUT2D eigenvalue weighted by molar-refractivity contribution is 5.94. The van der Waals surface area contributed by atoms with Gasteiger partial charge in [0.2, 0.25) is 5.91 Å². The number of likely N-dealkylation sites (tertiary alicyclic amines) is 1. The first-order valence-corrected chi connectivity index (χ1v) is 9.12. The van der Waals surface area contributed by atoms with Crippen molar-refractivity contribution >= 4 is 22.6 Å². The molecule has 1 aromatic heterocycles. The van der Waals surface area contributed by atoms with Crippen LogP contribution in [0.2, 0.25) is 0 Å². The lowest BCUT2D eigenvalue weighted by atomic mass is 10.0. The number of benzene rings is 2. The molecule has 2 heterocycles. The van der Waals surface area contributed by atoms with Crippen LogP contribution in [0.5, 0.6) is 0 Å². The third kappa shape index (κ3) is 3.51. The van der Waals surface area contributed by atoms with E-state index >= 15 is 0 Å². The van der Waals surface area contributed by atoms with Crippen LogP contribution in [-0.4, -0.2) is 39.3 Å². The average Bonchev–Trinajstić information content (AvgIpc) is 3.00. The number of aromatic nitrogens is 2. The standard InChI is InChI=1S/C21H20N4O3/c1-13-22-10-18(20(27)23-13)21(28)24-16-9-19(26)25(12-16)11-15-7-4-6-14-5-2-3-8-17(14)15/h2-8,10,16H,9,11-12H2,1H3,(H,24,28)(H,22,23,27). The number of amides is 2. The minimum Gasteiger partial charge on any atom is -0.347 e. The molecule has 4 rings (SSSR count). The zero-order chi connectivity index (χ0) is 19.7. The van der Waals surface area contributed by atoms with Gasteiger partial charge in [0.1, 0.15) is 11.4 Å². The van der Waals surface area contributed by atoms with Crippen LogP contribution in [0.3, 0.4) is 0 Å². The van der Waals surface area contributed by atoms with Crippen LogP contribution >= 0.6 is 0 Å². The molecule has 1 fully saturated rings. The number of hydrogen-bond donors (Lipinski definition) is 2. The quantitative estimate of drug-likeness (QED) is 0.725. The maximum Gasteiger partial charge on any atom is 0.263 e. The molecular weight excluding hydrogens is 356 g/mol. The molecule has 1 unspecified atom stereocenters. The van der Waals surface area contributed by atoms with E-state index in [0.29, 0.717) is 18.9 Å². The van der Waals surface area contributed by atoms with E-state index in [4.69, 9.17) is 0 Å². The minimum atomic E-state index is -0.515. The van der Waals surface area contributed by atoms with Crippen LogP contribution in [0.1, 0.15) is 28.2 Å². The summed E-state index contributed by atoms with van der Waals surface area (Å²) >= 11 is 0. The van der Waals surface area contributed by atoms with E-state index in [-0.39, 0.29) is 23.9 Å². The monoisotopic (exact) mass is 376 g/mol. The SMILES string of the molecule is Cc1ncc(C(=O)NC2CC(=O)N(Cc3cccc4ccccc34)C2)c(=O)[nH]1. The Morgan fingerprint density at radius 3 is 2.82 bits per heavy atom. The lowest BCUT2D eigenvalue weighted by Crippen LogP contribution is -2.39. The van der Waals surface area contributed by atoms with Crippen molar-refractivity contribution in [1.29, 1.82) is 0 Å². The Morgan fingerprint density at radius 1 is 1.21 bits per heavy atom. The summed E-state index contributed by atoms with van der Waals surface area (Å²) in [5, 5.41) is 5.02. The number of carbonyl (C=O) groups excluding carboxylic acids is 2. The van der Waals surface area contributed by atoms with Crippen molar-refractivity contribution in [3.05, 3.63) is 76.0 Å². The van der Waals surface area contributed by atoms with Crippen LogP contribution in [0.15, 0.2) is 53.5 Å². The lowest BCUT2D eigenvalue weighted by Gasteiger charge is -2.18. The first kappa shape index (κ1) is 17.9. The predicted molar refractivity (Wildman–Crippen MR) is 105 cm³/mol. The highest BCUT2D eigenvalue weighted by atomic mass is 16.2. The number of aryl methyl sites for hydroxylation is 1. The van der Waals surface area contributed by atoms with Crippen LogP contribution in [-0.2, 0) is 11.3 Å². The number of nitrogens with zero attached hydrogens (tertiary/aromatic N) is 2. The van der Waals surface area contributed by atoms with Crippen LogP contribution < -0.4 is 10.9 Å². The number of rotatable bonds is 4. The van der Waals surface area contributed by atoms with Crippen molar-refractivity contribution in [3.8, 4) is 0 Å². The number of H-pyrrole nitrogens is 1. The van der Waals surface area contributed by atoms with Gasteiger partial charge in [-0.2, -0.15) is 0 Å². The number of carbonyl (C=O) groups is 2. The second kappa shape index (κ2) is 7.26. The lowest BCUT2D eigenvalue weighted by molar-refractivity contribution is -0.128. The zero-order valence-electron chi connectivity index (χ0n) is 15.4. The van der Waals surface area contributed by atoms with Gasteiger partial charge in [0.25, 0.3) is 11.5 Å². The van der Waals surface area contributed by atoms with Gasteiger partial charge in [0.15, 0.2) is 0 Å². The third-order valence-electron chi connectivity index (χ3n) is 4.96. The fraction of sp³-hybridized carbons (Fsp3) is 0.238. The predicted octanol–water partition coefficient (Wildman–Crippen LogP) is 1.76. The molecule has 28 heavy (non-hydrogen) atoms. The van der Waals surface area contributed by atoms with Crippen molar-refractivity contribution < 1.29 is 9.59 Å². The van der Waals surface area contributed by atoms with Crippen LogP contribution in [0.4, 0.5) is 0 Å². The maximum atomic E-state index is 12.4. The average molecular weight is 376 g/mol. The Kier molecular flexibility index (Phi) is 4.65. The Balaban J connectivity index is 1.46. The molecular formula is C21H20N4O3. The number of aromatic amines is 1. The van der Waals surface area contributed by atoms with E-state index in [1.165, 1.54) is 6.20 Å². The zero-order valence-corrected chi connectivity index (χ0v) is 15.4. The smallest absolute Gasteiger partial charge is 0.263 e. The first-order valence-electron chi connectivity index (χ1n) is 9.12. The van der Waals surface area contributed by atoms with Gasteiger partial charge in [0.05, 0.1) is 6.04 Å². The Morgan fingerprint density at radius 2 is 2.00 bits per heavy atom. The number of fused-ring (bicyclic) bond motifs is 1. The molecule has 1 saturated heterocycles. The van der Waals surface area contributed by atoms with Crippen molar-refractivity contribution in [2.75, 3.05) is 6.54 Å². The molecule has 0 bridgehead atoms. The molecule has 0 saturated carbocycles. The normalized spacial score (nSPS) is 16.5. The summed E-state index contributed by atoms with van der Waals surface area (Å²) in [7, 11) is 0. The molecule has 7 heteroatoms. The summed E-state index contributed by atoms with van der Waals surface area (Å²) < 4.78 is 0. The number of nitrogens with one attached hydrogen (secondary N) is 2. The van der Waals surface area contributed by atoms with Gasteiger partial charge < -0.3 is 15.2 Å². The first-order chi connectivity index (χ1) is 13.5. The Hall–Kier alpha value is -3.48. The van der Waals surface area contributed by atoms with Gasteiger partial charge in [-0.1, -0.05) is 42.5 Å². The second-order valence-electron chi connectivity index (χ2n) is 7.00. The molecule has 0 radical (unpaired) electrons. The molecule has 0 aliphatic carbocycles. The van der Waals surface area contributed by atoms with Crippen LogP contribution in [0.25, 0.3) is 10.8 Å². The molecule has 2 amide bonds. The molecule has 2 N–H and O–H groups in total. The molecule has 1 atom stereocenters. The summed E-state index contributed by atoms with van der Waals surface area (Å²) in [4.78, 5) is 44.9. The van der Waals surface area contributed by atoms with E-state index in [9.17, 15) is 14.4 Å². The van der Waals surface area contributed by atoms with Gasteiger partial charge >= 0.3 is 0 Å². The minimum absolute atomic E-state index is 0.0193. The van der Waals surface area contributed by atoms with E-state index < -0.39 is 11.5 Å². The van der Waals surface area contributed by atoms with Crippen molar-refractivity contribution in [3.63, 3.8) is 0 Å². The van der Waals surface area contributed by atoms with Crippen molar-refractivity contribution in [1.82, 2.24) is 20.2 Å². The number of hydrogen-bond acceptors (Lipinski definition) is 4. The largest absolute Gasteiger partial charge is 0.347 e. The molecule has 0 spiro atoms. The highest BCUT2D eigenvalue weighted by Crippen LogP contribution is 2.22. The molecule has 3 aromatic rings. The summed E-state index contributed by atoms with van der Waals surface area (Å²) in [6.07, 6.45) is 1.47. The molecule has 1 aliphatic heterocycles. The Bertz CT molecular complexity index is 1120. The van der Waals surface area contributed by atoms with Gasteiger partial charge in [0, 0.05) is 25.7 Å². The van der Waals surface area contributed by atoms with E-state index in [2.05, 4.69) is 15.3 Å². The summed E-state index contributed by atoms with van der Waals surface area (Å²) in [6, 6.07) is 13.8. The van der Waals surface area contributed by atoms with Gasteiger partial charge in [-0.3, -0.25) is 14.4 Å². The maximum absolute atomic E-state index is 12.4. The Labute approximate surface area is 161 Å². The topological polar surface area (TPSA) is 95.2 Å².